The van der Waals surface area contributed by atoms with Gasteiger partial charge >= 0.3 is 0 Å². The molecule has 2 atom stereocenters. The van der Waals surface area contributed by atoms with Crippen molar-refractivity contribution in [1.29, 1.82) is 0 Å². The lowest BCUT2D eigenvalue weighted by Gasteiger charge is -2.17. The van der Waals surface area contributed by atoms with E-state index in [-0.39, 0.29) is 36.5 Å². The number of nitrogens with zero attached hydrogens (tertiary/aromatic N) is 1. The second-order valence-electron chi connectivity index (χ2n) is 6.70. The van der Waals surface area contributed by atoms with Crippen molar-refractivity contribution in [3.05, 3.63) is 35.9 Å². The fraction of sp³-hybridized carbons (Fsp3) is 0.526. The Morgan fingerprint density at radius 2 is 1.72 bits per heavy atom. The largest absolute Gasteiger partial charge is 0.356 e. The molecule has 6 nitrogen and oxygen atoms in total. The average molecular weight is 345 g/mol. The van der Waals surface area contributed by atoms with Gasteiger partial charge in [0, 0.05) is 45.4 Å². The number of carbonyl (C=O) groups is 3. The number of rotatable bonds is 9. The number of amides is 3. The standard InChI is InChI=1S/C19H27N3O3/c1-14-12-16(14)19(25)21-10-8-17(23)20-11-9-18(24)22(2)13-15-6-4-3-5-7-15/h3-7,14,16H,8-13H2,1-2H3,(H,20,23)(H,21,25)/t14-,16+/m1/s1. The van der Waals surface area contributed by atoms with Crippen LogP contribution in [0, 0.1) is 11.8 Å². The molecule has 0 spiro atoms. The second kappa shape index (κ2) is 9.20. The van der Waals surface area contributed by atoms with E-state index >= 15 is 0 Å². The third kappa shape index (κ3) is 6.57. The van der Waals surface area contributed by atoms with Gasteiger partial charge < -0.3 is 15.5 Å². The van der Waals surface area contributed by atoms with Gasteiger partial charge in [0.05, 0.1) is 0 Å². The van der Waals surface area contributed by atoms with E-state index in [0.717, 1.165) is 12.0 Å². The molecule has 0 aromatic heterocycles. The first-order valence-electron chi connectivity index (χ1n) is 8.79. The molecule has 2 rings (SSSR count). The predicted molar refractivity (Wildman–Crippen MR) is 95.4 cm³/mol. The molecule has 6 heteroatoms. The third-order valence-electron chi connectivity index (χ3n) is 4.45. The first-order chi connectivity index (χ1) is 12.0. The van der Waals surface area contributed by atoms with Gasteiger partial charge in [0.25, 0.3) is 0 Å². The van der Waals surface area contributed by atoms with Gasteiger partial charge in [0.15, 0.2) is 0 Å². The summed E-state index contributed by atoms with van der Waals surface area (Å²) in [7, 11) is 1.76. The molecule has 1 aromatic carbocycles. The van der Waals surface area contributed by atoms with Crippen molar-refractivity contribution in [3.8, 4) is 0 Å². The molecule has 1 aromatic rings. The van der Waals surface area contributed by atoms with E-state index in [4.69, 9.17) is 0 Å². The molecule has 1 saturated carbocycles. The van der Waals surface area contributed by atoms with Crippen molar-refractivity contribution in [3.63, 3.8) is 0 Å². The molecule has 0 heterocycles. The number of benzene rings is 1. The first-order valence-corrected chi connectivity index (χ1v) is 8.79. The van der Waals surface area contributed by atoms with Crippen LogP contribution in [0.4, 0.5) is 0 Å². The second-order valence-corrected chi connectivity index (χ2v) is 6.70. The number of carbonyl (C=O) groups excluding carboxylic acids is 3. The number of nitrogens with one attached hydrogen (secondary N) is 2. The van der Waals surface area contributed by atoms with E-state index in [9.17, 15) is 14.4 Å². The maximum Gasteiger partial charge on any atom is 0.224 e. The normalized spacial score (nSPS) is 18.3. The molecule has 0 unspecified atom stereocenters. The van der Waals surface area contributed by atoms with Crippen LogP contribution in [0.25, 0.3) is 0 Å². The third-order valence-corrected chi connectivity index (χ3v) is 4.45. The van der Waals surface area contributed by atoms with E-state index in [2.05, 4.69) is 10.6 Å². The van der Waals surface area contributed by atoms with Crippen molar-refractivity contribution in [2.75, 3.05) is 20.1 Å². The van der Waals surface area contributed by atoms with Crippen LogP contribution in [0.3, 0.4) is 0 Å². The van der Waals surface area contributed by atoms with Crippen LogP contribution < -0.4 is 10.6 Å². The van der Waals surface area contributed by atoms with E-state index in [1.807, 2.05) is 37.3 Å². The van der Waals surface area contributed by atoms with E-state index in [1.165, 1.54) is 0 Å². The predicted octanol–water partition coefficient (Wildman–Crippen LogP) is 1.31. The summed E-state index contributed by atoms with van der Waals surface area (Å²) in [6, 6.07) is 9.77. The lowest BCUT2D eigenvalue weighted by molar-refractivity contribution is -0.130. The maximum absolute atomic E-state index is 12.1. The Hall–Kier alpha value is -2.37. The number of hydrogen-bond donors (Lipinski definition) is 2. The Morgan fingerprint density at radius 3 is 2.36 bits per heavy atom. The average Bonchev–Trinajstić information content (AvgIpc) is 3.32. The summed E-state index contributed by atoms with van der Waals surface area (Å²) in [6.45, 7) is 3.25. The van der Waals surface area contributed by atoms with E-state index in [0.29, 0.717) is 25.6 Å². The smallest absolute Gasteiger partial charge is 0.224 e. The van der Waals surface area contributed by atoms with Crippen LogP contribution >= 0.6 is 0 Å². The minimum Gasteiger partial charge on any atom is -0.356 e. The van der Waals surface area contributed by atoms with Crippen molar-refractivity contribution >= 4 is 17.7 Å². The van der Waals surface area contributed by atoms with Crippen molar-refractivity contribution in [1.82, 2.24) is 15.5 Å². The zero-order chi connectivity index (χ0) is 18.2. The van der Waals surface area contributed by atoms with Crippen LogP contribution in [0.15, 0.2) is 30.3 Å². The topological polar surface area (TPSA) is 78.5 Å². The fourth-order valence-corrected chi connectivity index (χ4v) is 2.65. The number of hydrogen-bond acceptors (Lipinski definition) is 3. The van der Waals surface area contributed by atoms with Crippen LogP contribution in [-0.4, -0.2) is 42.8 Å². The van der Waals surface area contributed by atoms with Crippen molar-refractivity contribution in [2.45, 2.75) is 32.7 Å². The van der Waals surface area contributed by atoms with Gasteiger partial charge in [-0.25, -0.2) is 0 Å². The molecule has 136 valence electrons. The molecule has 0 radical (unpaired) electrons. The van der Waals surface area contributed by atoms with Crippen LogP contribution in [0.1, 0.15) is 31.7 Å². The molecule has 25 heavy (non-hydrogen) atoms. The molecule has 0 bridgehead atoms. The van der Waals surface area contributed by atoms with Gasteiger partial charge in [-0.1, -0.05) is 37.3 Å². The summed E-state index contributed by atoms with van der Waals surface area (Å²) in [5, 5.41) is 5.50. The molecular weight excluding hydrogens is 318 g/mol. The molecule has 0 aliphatic heterocycles. The lowest BCUT2D eigenvalue weighted by atomic mass is 10.2. The van der Waals surface area contributed by atoms with Crippen LogP contribution in [0.2, 0.25) is 0 Å². The van der Waals surface area contributed by atoms with Gasteiger partial charge in [0.2, 0.25) is 17.7 Å². The molecule has 1 aliphatic rings. The first kappa shape index (κ1) is 19.0. The summed E-state index contributed by atoms with van der Waals surface area (Å²) < 4.78 is 0. The molecule has 0 saturated heterocycles. The highest BCUT2D eigenvalue weighted by molar-refractivity contribution is 5.82. The molecule has 2 N–H and O–H groups in total. The zero-order valence-electron chi connectivity index (χ0n) is 15.0. The van der Waals surface area contributed by atoms with Crippen molar-refractivity contribution < 1.29 is 14.4 Å². The van der Waals surface area contributed by atoms with Gasteiger partial charge in [0.1, 0.15) is 0 Å². The summed E-state index contributed by atoms with van der Waals surface area (Å²) in [4.78, 5) is 37.1. The molecular formula is C19H27N3O3. The van der Waals surface area contributed by atoms with Gasteiger partial charge in [-0.3, -0.25) is 14.4 Å². The van der Waals surface area contributed by atoms with E-state index in [1.54, 1.807) is 11.9 Å². The minimum absolute atomic E-state index is 0.0137. The highest BCUT2D eigenvalue weighted by atomic mass is 16.2. The summed E-state index contributed by atoms with van der Waals surface area (Å²) in [6.07, 6.45) is 1.44. The Kier molecular flexibility index (Phi) is 6.98. The quantitative estimate of drug-likeness (QED) is 0.708. The Balaban J connectivity index is 1.55. The highest BCUT2D eigenvalue weighted by Gasteiger charge is 2.38. The minimum atomic E-state index is -0.150. The summed E-state index contributed by atoms with van der Waals surface area (Å²) >= 11 is 0. The SMILES string of the molecule is C[C@@H]1C[C@@H]1C(=O)NCCC(=O)NCCC(=O)N(C)Cc1ccccc1. The Labute approximate surface area is 149 Å². The lowest BCUT2D eigenvalue weighted by Crippen LogP contribution is -2.34. The van der Waals surface area contributed by atoms with Gasteiger partial charge in [-0.15, -0.1) is 0 Å². The van der Waals surface area contributed by atoms with Gasteiger partial charge in [-0.2, -0.15) is 0 Å². The molecule has 1 aliphatic carbocycles. The zero-order valence-corrected chi connectivity index (χ0v) is 15.0. The maximum atomic E-state index is 12.1. The monoisotopic (exact) mass is 345 g/mol. The van der Waals surface area contributed by atoms with E-state index < -0.39 is 0 Å². The Bertz CT molecular complexity index is 603. The molecule has 1 fully saturated rings. The molecule has 3 amide bonds. The summed E-state index contributed by atoms with van der Waals surface area (Å²) in [5.74, 6) is 0.467. The fourth-order valence-electron chi connectivity index (χ4n) is 2.65. The Morgan fingerprint density at radius 1 is 1.08 bits per heavy atom. The van der Waals surface area contributed by atoms with Gasteiger partial charge in [-0.05, 0) is 17.9 Å². The van der Waals surface area contributed by atoms with Crippen LogP contribution in [0.5, 0.6) is 0 Å². The van der Waals surface area contributed by atoms with Crippen LogP contribution in [-0.2, 0) is 20.9 Å². The highest BCUT2D eigenvalue weighted by Crippen LogP contribution is 2.37. The van der Waals surface area contributed by atoms with Crippen molar-refractivity contribution in [2.24, 2.45) is 11.8 Å². The summed E-state index contributed by atoms with van der Waals surface area (Å²) in [5.41, 5.74) is 1.07.